The van der Waals surface area contributed by atoms with Crippen LogP contribution in [0.1, 0.15) is 6.92 Å². The van der Waals surface area contributed by atoms with E-state index in [2.05, 4.69) is 31.1 Å². The van der Waals surface area contributed by atoms with E-state index in [1.54, 1.807) is 6.92 Å². The van der Waals surface area contributed by atoms with Crippen LogP contribution in [0.15, 0.2) is 38.5 Å². The van der Waals surface area contributed by atoms with Crippen LogP contribution in [-0.2, 0) is 14.3 Å². The highest BCUT2D eigenvalue weighted by Crippen LogP contribution is 1.74. The highest BCUT2D eigenvalue weighted by molar-refractivity contribution is 5.81. The lowest BCUT2D eigenvalue weighted by Gasteiger charge is -1.90. The van der Waals surface area contributed by atoms with Gasteiger partial charge in [-0.1, -0.05) is 13.2 Å². The number of rotatable bonds is 3. The Morgan fingerprint density at radius 2 is 1.64 bits per heavy atom. The van der Waals surface area contributed by atoms with Crippen molar-refractivity contribution in [3.8, 4) is 0 Å². The van der Waals surface area contributed by atoms with Crippen LogP contribution in [0.5, 0.6) is 0 Å². The van der Waals surface area contributed by atoms with Crippen LogP contribution in [0.2, 0.25) is 0 Å². The van der Waals surface area contributed by atoms with Gasteiger partial charge < -0.3 is 9.84 Å². The Balaban J connectivity index is -0.000000152. The zero-order chi connectivity index (χ0) is 12.0. The summed E-state index contributed by atoms with van der Waals surface area (Å²) in [5.74, 6) is -1.34. The maximum absolute atomic E-state index is 10.1. The summed E-state index contributed by atoms with van der Waals surface area (Å²) in [6.07, 6.45) is 1.98. The molecule has 0 heterocycles. The highest BCUT2D eigenvalue weighted by atomic mass is 16.5. The first-order valence-electron chi connectivity index (χ1n) is 3.73. The van der Waals surface area contributed by atoms with E-state index in [-0.39, 0.29) is 5.97 Å². The Morgan fingerprint density at radius 3 is 1.71 bits per heavy atom. The lowest BCUT2D eigenvalue weighted by molar-refractivity contribution is -0.137. The summed E-state index contributed by atoms with van der Waals surface area (Å²) in [6, 6.07) is 0. The van der Waals surface area contributed by atoms with Crippen LogP contribution in [-0.4, -0.2) is 23.7 Å². The Kier molecular flexibility index (Phi) is 22.3. The fraction of sp³-hybridized carbons (Fsp3) is 0.200. The van der Waals surface area contributed by atoms with Gasteiger partial charge in [0.2, 0.25) is 0 Å². The minimum absolute atomic E-state index is 0.359. The molecule has 0 unspecified atom stereocenters. The second kappa shape index (κ2) is 17.3. The molecular formula is C10H16O4. The molecule has 0 saturated heterocycles. The first-order chi connectivity index (χ1) is 6.58. The number of aliphatic carboxylic acids is 1. The number of esters is 1. The van der Waals surface area contributed by atoms with Crippen molar-refractivity contribution in [1.82, 2.24) is 0 Å². The monoisotopic (exact) mass is 200 g/mol. The van der Waals surface area contributed by atoms with Crippen molar-refractivity contribution >= 4 is 11.9 Å². The Labute approximate surface area is 84.2 Å². The molecule has 0 rings (SSSR count). The second-order valence-corrected chi connectivity index (χ2v) is 1.50. The minimum atomic E-state index is -0.981. The molecule has 0 aromatic heterocycles. The third-order valence-electron chi connectivity index (χ3n) is 0.628. The van der Waals surface area contributed by atoms with Crippen molar-refractivity contribution in [1.29, 1.82) is 0 Å². The van der Waals surface area contributed by atoms with Crippen molar-refractivity contribution in [2.24, 2.45) is 0 Å². The van der Waals surface area contributed by atoms with Gasteiger partial charge in [0.15, 0.2) is 0 Å². The molecule has 0 aromatic carbocycles. The average Bonchev–Trinajstić information content (AvgIpc) is 2.22. The highest BCUT2D eigenvalue weighted by Gasteiger charge is 1.86. The molecule has 0 spiro atoms. The zero-order valence-electron chi connectivity index (χ0n) is 8.36. The van der Waals surface area contributed by atoms with Gasteiger partial charge in [-0.15, -0.1) is 13.2 Å². The smallest absolute Gasteiger partial charge is 0.330 e. The van der Waals surface area contributed by atoms with E-state index in [0.717, 1.165) is 12.2 Å². The maximum Gasteiger partial charge on any atom is 0.330 e. The largest absolute Gasteiger partial charge is 0.478 e. The number of carboxylic acid groups (broad SMARTS) is 1. The van der Waals surface area contributed by atoms with Gasteiger partial charge in [-0.25, -0.2) is 9.59 Å². The predicted octanol–water partition coefficient (Wildman–Crippen LogP) is 1.79. The molecule has 80 valence electrons. The summed E-state index contributed by atoms with van der Waals surface area (Å²) < 4.78 is 4.43. The Hall–Kier alpha value is -1.84. The Morgan fingerprint density at radius 1 is 1.29 bits per heavy atom. The topological polar surface area (TPSA) is 63.6 Å². The van der Waals surface area contributed by atoms with Gasteiger partial charge >= 0.3 is 11.9 Å². The van der Waals surface area contributed by atoms with Crippen LogP contribution >= 0.6 is 0 Å². The van der Waals surface area contributed by atoms with E-state index >= 15 is 0 Å². The first-order valence-corrected chi connectivity index (χ1v) is 3.73. The third-order valence-corrected chi connectivity index (χ3v) is 0.628. The van der Waals surface area contributed by atoms with Crippen LogP contribution in [0.25, 0.3) is 0 Å². The zero-order valence-corrected chi connectivity index (χ0v) is 8.36. The van der Waals surface area contributed by atoms with Gasteiger partial charge in [0.25, 0.3) is 0 Å². The van der Waals surface area contributed by atoms with E-state index in [0.29, 0.717) is 6.61 Å². The minimum Gasteiger partial charge on any atom is -0.478 e. The molecule has 4 nitrogen and oxygen atoms in total. The van der Waals surface area contributed by atoms with Gasteiger partial charge in [-0.2, -0.15) is 0 Å². The standard InChI is InChI=1S/C5H8O2.C3H4O2.C2H4/c1-3-5(6)7-4-2;1-2-3(4)5;1-2/h3H,1,4H2,2H3;2H,1H2,(H,4,5);1-2H2. The summed E-state index contributed by atoms with van der Waals surface area (Å²) in [7, 11) is 0. The number of carbonyl (C=O) groups excluding carboxylic acids is 1. The molecule has 1 N–H and O–H groups in total. The van der Waals surface area contributed by atoms with Crippen molar-refractivity contribution in [3.05, 3.63) is 38.5 Å². The molecule has 0 saturated carbocycles. The molecule has 0 atom stereocenters. The van der Waals surface area contributed by atoms with Gasteiger partial charge in [-0.3, -0.25) is 0 Å². The van der Waals surface area contributed by atoms with Gasteiger partial charge in [0.1, 0.15) is 0 Å². The number of carboxylic acids is 1. The van der Waals surface area contributed by atoms with E-state index in [9.17, 15) is 9.59 Å². The van der Waals surface area contributed by atoms with Crippen LogP contribution in [0, 0.1) is 0 Å². The Bertz CT molecular complexity index is 185. The summed E-state index contributed by atoms with van der Waals surface area (Å²) >= 11 is 0. The van der Waals surface area contributed by atoms with E-state index in [1.165, 1.54) is 0 Å². The van der Waals surface area contributed by atoms with Crippen LogP contribution in [0.3, 0.4) is 0 Å². The molecule has 0 aliphatic rings. The number of hydrogen-bond acceptors (Lipinski definition) is 3. The van der Waals surface area contributed by atoms with Crippen molar-refractivity contribution in [3.63, 3.8) is 0 Å². The van der Waals surface area contributed by atoms with E-state index in [1.807, 2.05) is 0 Å². The molecule has 0 radical (unpaired) electrons. The normalized spacial score (nSPS) is 6.36. The van der Waals surface area contributed by atoms with E-state index < -0.39 is 5.97 Å². The lowest BCUT2D eigenvalue weighted by atomic mass is 10.6. The molecule has 0 amide bonds. The third kappa shape index (κ3) is 32.0. The van der Waals surface area contributed by atoms with Gasteiger partial charge in [-0.05, 0) is 6.92 Å². The van der Waals surface area contributed by atoms with Gasteiger partial charge in [0.05, 0.1) is 6.61 Å². The SMILES string of the molecule is C=C.C=CC(=O)O.C=CC(=O)OCC. The fourth-order valence-corrected chi connectivity index (χ4v) is 0.201. The fourth-order valence-electron chi connectivity index (χ4n) is 0.201. The summed E-state index contributed by atoms with van der Waals surface area (Å²) in [5.41, 5.74) is 0. The summed E-state index contributed by atoms with van der Waals surface area (Å²) in [4.78, 5) is 19.3. The number of carbonyl (C=O) groups is 2. The van der Waals surface area contributed by atoms with Crippen LogP contribution in [0.4, 0.5) is 0 Å². The molecule has 14 heavy (non-hydrogen) atoms. The average molecular weight is 200 g/mol. The van der Waals surface area contributed by atoms with Crippen molar-refractivity contribution in [2.75, 3.05) is 6.61 Å². The van der Waals surface area contributed by atoms with Crippen molar-refractivity contribution < 1.29 is 19.4 Å². The molecule has 4 heteroatoms. The predicted molar refractivity (Wildman–Crippen MR) is 55.9 cm³/mol. The molecule has 0 aromatic rings. The second-order valence-electron chi connectivity index (χ2n) is 1.50. The number of ether oxygens (including phenoxy) is 1. The van der Waals surface area contributed by atoms with Crippen molar-refractivity contribution in [2.45, 2.75) is 6.92 Å². The molecule has 0 bridgehead atoms. The molecule has 0 aliphatic carbocycles. The summed E-state index contributed by atoms with van der Waals surface area (Å²) in [5, 5.41) is 7.60. The molecular weight excluding hydrogens is 184 g/mol. The van der Waals surface area contributed by atoms with Gasteiger partial charge in [0, 0.05) is 12.2 Å². The molecule has 0 fully saturated rings. The first kappa shape index (κ1) is 18.0. The number of hydrogen-bond donors (Lipinski definition) is 1. The summed E-state index contributed by atoms with van der Waals surface area (Å²) in [6.45, 7) is 14.3. The maximum atomic E-state index is 10.1. The van der Waals surface area contributed by atoms with Crippen LogP contribution < -0.4 is 0 Å². The lowest BCUT2D eigenvalue weighted by Crippen LogP contribution is -1.97. The van der Waals surface area contributed by atoms with E-state index in [4.69, 9.17) is 5.11 Å². The molecule has 0 aliphatic heterocycles. The quantitative estimate of drug-likeness (QED) is 0.428.